The largest absolute Gasteiger partial charge is 0.508 e. The Balaban J connectivity index is 1.62. The first-order valence-electron chi connectivity index (χ1n) is 11.1. The van der Waals surface area contributed by atoms with Crippen LogP contribution < -0.4 is 5.32 Å². The van der Waals surface area contributed by atoms with Gasteiger partial charge in [0.15, 0.2) is 0 Å². The molecule has 1 aromatic heterocycles. The summed E-state index contributed by atoms with van der Waals surface area (Å²) in [4.78, 5) is 27.2. The van der Waals surface area contributed by atoms with Crippen LogP contribution >= 0.6 is 23.4 Å². The normalized spacial score (nSPS) is 12.9. The summed E-state index contributed by atoms with van der Waals surface area (Å²) in [6.45, 7) is 0.667. The molecule has 2 amide bonds. The van der Waals surface area contributed by atoms with Crippen LogP contribution in [0.5, 0.6) is 5.75 Å². The maximum absolute atomic E-state index is 13.1. The molecule has 35 heavy (non-hydrogen) atoms. The number of benzene rings is 4. The average Bonchev–Trinajstić information content (AvgIpc) is 3.32. The Kier molecular flexibility index (Phi) is 5.28. The highest BCUT2D eigenvalue weighted by Crippen LogP contribution is 2.42. The summed E-state index contributed by atoms with van der Waals surface area (Å²) in [6, 6.07) is 24.6. The number of aromatic nitrogens is 1. The molecule has 172 valence electrons. The molecule has 1 aliphatic rings. The van der Waals surface area contributed by atoms with Crippen molar-refractivity contribution in [3.05, 3.63) is 95.0 Å². The highest BCUT2D eigenvalue weighted by molar-refractivity contribution is 7.99. The molecule has 0 saturated heterocycles. The lowest BCUT2D eigenvalue weighted by atomic mass is 9.93. The second-order valence-corrected chi connectivity index (χ2v) is 9.92. The molecule has 2 N–H and O–H groups in total. The standard InChI is InChI=1S/C28H19ClN2O3S/c29-21-9-5-4-8-18(21)19-15-23-24(26-25(19)27(33)30-28(26)34)20-14-16(32)10-11-22(20)31(23)12-13-35-17-6-2-1-3-7-17/h1-11,14-15,32H,12-13H2,(H,30,33,34). The number of fused-ring (bicyclic) bond motifs is 5. The van der Waals surface area contributed by atoms with E-state index in [1.54, 1.807) is 30.0 Å². The molecule has 0 saturated carbocycles. The van der Waals surface area contributed by atoms with Crippen LogP contribution in [0.3, 0.4) is 0 Å². The van der Waals surface area contributed by atoms with Gasteiger partial charge in [0, 0.05) is 44.1 Å². The van der Waals surface area contributed by atoms with E-state index >= 15 is 0 Å². The van der Waals surface area contributed by atoms with E-state index in [1.165, 1.54) is 4.90 Å². The van der Waals surface area contributed by atoms with Crippen molar-refractivity contribution in [1.82, 2.24) is 9.88 Å². The topological polar surface area (TPSA) is 71.3 Å². The molecule has 2 heterocycles. The summed E-state index contributed by atoms with van der Waals surface area (Å²) >= 11 is 8.27. The molecule has 0 aliphatic carbocycles. The van der Waals surface area contributed by atoms with Crippen molar-refractivity contribution in [1.29, 1.82) is 0 Å². The lowest BCUT2D eigenvalue weighted by Gasteiger charge is -2.12. The highest BCUT2D eigenvalue weighted by atomic mass is 35.5. The van der Waals surface area contributed by atoms with Gasteiger partial charge in [0.05, 0.1) is 16.6 Å². The average molecular weight is 499 g/mol. The van der Waals surface area contributed by atoms with Crippen molar-refractivity contribution in [2.75, 3.05) is 5.75 Å². The number of aryl methyl sites for hydroxylation is 1. The van der Waals surface area contributed by atoms with Crippen LogP contribution in [0.25, 0.3) is 32.9 Å². The minimum Gasteiger partial charge on any atom is -0.508 e. The maximum atomic E-state index is 13.1. The van der Waals surface area contributed by atoms with Crippen LogP contribution in [0, 0.1) is 0 Å². The number of nitrogens with one attached hydrogen (secondary N) is 1. The van der Waals surface area contributed by atoms with Gasteiger partial charge >= 0.3 is 0 Å². The number of imide groups is 1. The Hall–Kier alpha value is -3.74. The predicted molar refractivity (Wildman–Crippen MR) is 141 cm³/mol. The molecular weight excluding hydrogens is 480 g/mol. The number of halogens is 1. The molecule has 0 fully saturated rings. The van der Waals surface area contributed by atoms with Gasteiger partial charge in [0.1, 0.15) is 5.75 Å². The third-order valence-corrected chi connectivity index (χ3v) is 7.63. The van der Waals surface area contributed by atoms with Crippen LogP contribution in [-0.2, 0) is 6.54 Å². The second-order valence-electron chi connectivity index (χ2n) is 8.35. The van der Waals surface area contributed by atoms with E-state index in [1.807, 2.05) is 48.5 Å². The fraction of sp³-hybridized carbons (Fsp3) is 0.0714. The molecule has 0 radical (unpaired) electrons. The Labute approximate surface area is 210 Å². The summed E-state index contributed by atoms with van der Waals surface area (Å²) in [5.41, 5.74) is 3.65. The first kappa shape index (κ1) is 21.8. The summed E-state index contributed by atoms with van der Waals surface area (Å²) in [7, 11) is 0. The number of thioether (sulfide) groups is 1. The number of aromatic hydroxyl groups is 1. The number of hydrogen-bond donors (Lipinski definition) is 2. The van der Waals surface area contributed by atoms with Gasteiger partial charge in [0.25, 0.3) is 11.8 Å². The van der Waals surface area contributed by atoms with Crippen molar-refractivity contribution in [3.63, 3.8) is 0 Å². The van der Waals surface area contributed by atoms with Gasteiger partial charge in [-0.1, -0.05) is 48.0 Å². The first-order chi connectivity index (χ1) is 17.0. The molecule has 6 rings (SSSR count). The molecule has 0 atom stereocenters. The van der Waals surface area contributed by atoms with E-state index in [-0.39, 0.29) is 5.75 Å². The molecular formula is C28H19ClN2O3S. The van der Waals surface area contributed by atoms with Gasteiger partial charge in [-0.15, -0.1) is 11.8 Å². The molecule has 5 aromatic rings. The third-order valence-electron chi connectivity index (χ3n) is 6.31. The smallest absolute Gasteiger partial charge is 0.259 e. The monoisotopic (exact) mass is 498 g/mol. The minimum absolute atomic E-state index is 0.101. The third kappa shape index (κ3) is 3.57. The van der Waals surface area contributed by atoms with Gasteiger partial charge in [-0.05, 0) is 48.0 Å². The lowest BCUT2D eigenvalue weighted by Crippen LogP contribution is -2.20. The molecule has 4 aromatic carbocycles. The first-order valence-corrected chi connectivity index (χ1v) is 12.5. The maximum Gasteiger partial charge on any atom is 0.259 e. The van der Waals surface area contributed by atoms with E-state index in [9.17, 15) is 14.7 Å². The van der Waals surface area contributed by atoms with Crippen LogP contribution in [0.4, 0.5) is 0 Å². The summed E-state index contributed by atoms with van der Waals surface area (Å²) < 4.78 is 2.15. The Morgan fingerprint density at radius 3 is 2.37 bits per heavy atom. The van der Waals surface area contributed by atoms with Crippen LogP contribution in [-0.4, -0.2) is 27.2 Å². The number of rotatable bonds is 5. The number of hydrogen-bond acceptors (Lipinski definition) is 4. The Morgan fingerprint density at radius 1 is 0.829 bits per heavy atom. The van der Waals surface area contributed by atoms with Crippen LogP contribution in [0.1, 0.15) is 20.7 Å². The molecule has 0 spiro atoms. The molecule has 7 heteroatoms. The summed E-state index contributed by atoms with van der Waals surface area (Å²) in [5, 5.41) is 14.6. The molecule has 5 nitrogen and oxygen atoms in total. The van der Waals surface area contributed by atoms with E-state index in [0.717, 1.165) is 22.2 Å². The molecule has 0 bridgehead atoms. The highest BCUT2D eigenvalue weighted by Gasteiger charge is 2.34. The minimum atomic E-state index is -0.442. The van der Waals surface area contributed by atoms with Gasteiger partial charge in [-0.3, -0.25) is 14.9 Å². The summed E-state index contributed by atoms with van der Waals surface area (Å²) in [6.07, 6.45) is 0. The van der Waals surface area contributed by atoms with Crippen molar-refractivity contribution in [3.8, 4) is 16.9 Å². The van der Waals surface area contributed by atoms with Crippen molar-refractivity contribution in [2.24, 2.45) is 0 Å². The number of carbonyl (C=O) groups is 2. The van der Waals surface area contributed by atoms with Gasteiger partial charge in [0.2, 0.25) is 0 Å². The van der Waals surface area contributed by atoms with Crippen molar-refractivity contribution < 1.29 is 14.7 Å². The SMILES string of the molecule is O=C1NC(=O)c2c1c(-c1ccccc1Cl)cc1c2c2cc(O)ccc2n1CCSc1ccccc1. The number of carbonyl (C=O) groups excluding carboxylic acids is 2. The zero-order chi connectivity index (χ0) is 24.1. The van der Waals surface area contributed by atoms with Crippen LogP contribution in [0.15, 0.2) is 83.8 Å². The number of phenolic OH excluding ortho intramolecular Hbond substituents is 1. The Bertz CT molecular complexity index is 1660. The van der Waals surface area contributed by atoms with Crippen molar-refractivity contribution >= 4 is 57.0 Å². The lowest BCUT2D eigenvalue weighted by molar-refractivity contribution is 0.0880. The van der Waals surface area contributed by atoms with E-state index in [0.29, 0.717) is 39.2 Å². The zero-order valence-electron chi connectivity index (χ0n) is 18.4. The van der Waals surface area contributed by atoms with Gasteiger partial charge in [-0.25, -0.2) is 0 Å². The second kappa shape index (κ2) is 8.48. The van der Waals surface area contributed by atoms with E-state index in [4.69, 9.17) is 11.6 Å². The number of nitrogens with zero attached hydrogens (tertiary/aromatic N) is 1. The predicted octanol–water partition coefficient (Wildman–Crippen LogP) is 6.50. The molecule has 0 unspecified atom stereocenters. The van der Waals surface area contributed by atoms with E-state index < -0.39 is 11.8 Å². The van der Waals surface area contributed by atoms with E-state index in [2.05, 4.69) is 22.0 Å². The number of amides is 2. The van der Waals surface area contributed by atoms with Crippen molar-refractivity contribution in [2.45, 2.75) is 11.4 Å². The Morgan fingerprint density at radius 2 is 1.57 bits per heavy atom. The summed E-state index contributed by atoms with van der Waals surface area (Å²) in [5.74, 6) is 0.0178. The molecule has 1 aliphatic heterocycles. The quantitative estimate of drug-likeness (QED) is 0.214. The number of phenols is 1. The zero-order valence-corrected chi connectivity index (χ0v) is 20.0. The van der Waals surface area contributed by atoms with Gasteiger partial charge < -0.3 is 9.67 Å². The van der Waals surface area contributed by atoms with Gasteiger partial charge in [-0.2, -0.15) is 0 Å². The van der Waals surface area contributed by atoms with Crippen LogP contribution in [0.2, 0.25) is 5.02 Å². The fourth-order valence-electron chi connectivity index (χ4n) is 4.84. The fourth-order valence-corrected chi connectivity index (χ4v) is 5.94.